The first-order valence-electron chi connectivity index (χ1n) is 8.22. The van der Waals surface area contributed by atoms with E-state index in [2.05, 4.69) is 15.7 Å². The van der Waals surface area contributed by atoms with Crippen LogP contribution in [0, 0.1) is 12.8 Å². The molecular weight excluding hydrogens is 336 g/mol. The SMILES string of the molecule is Cc1ccnn1-c1ccc(C(=O)OCC(=O)NC(=O)NCC(C)C)cc1. The summed E-state index contributed by atoms with van der Waals surface area (Å²) in [6.07, 6.45) is 1.69. The fourth-order valence-electron chi connectivity index (χ4n) is 2.10. The molecule has 8 heteroatoms. The Labute approximate surface area is 151 Å². The summed E-state index contributed by atoms with van der Waals surface area (Å²) in [4.78, 5) is 35.1. The van der Waals surface area contributed by atoms with Crippen LogP contribution in [0.2, 0.25) is 0 Å². The van der Waals surface area contributed by atoms with E-state index < -0.39 is 24.5 Å². The summed E-state index contributed by atoms with van der Waals surface area (Å²) in [5, 5.41) is 8.82. The van der Waals surface area contributed by atoms with Crippen LogP contribution < -0.4 is 10.6 Å². The van der Waals surface area contributed by atoms with Crippen LogP contribution in [0.15, 0.2) is 36.5 Å². The molecule has 0 aliphatic carbocycles. The maximum atomic E-state index is 12.0. The molecule has 0 unspecified atom stereocenters. The first-order chi connectivity index (χ1) is 12.4. The quantitative estimate of drug-likeness (QED) is 0.767. The largest absolute Gasteiger partial charge is 0.452 e. The van der Waals surface area contributed by atoms with E-state index in [1.54, 1.807) is 35.1 Å². The van der Waals surface area contributed by atoms with Gasteiger partial charge in [0, 0.05) is 18.4 Å². The highest BCUT2D eigenvalue weighted by atomic mass is 16.5. The van der Waals surface area contributed by atoms with Gasteiger partial charge in [-0.05, 0) is 43.2 Å². The lowest BCUT2D eigenvalue weighted by Gasteiger charge is -2.09. The fraction of sp³-hybridized carbons (Fsp3) is 0.333. The summed E-state index contributed by atoms with van der Waals surface area (Å²) in [7, 11) is 0. The lowest BCUT2D eigenvalue weighted by molar-refractivity contribution is -0.123. The van der Waals surface area contributed by atoms with Gasteiger partial charge in [0.1, 0.15) is 0 Å². The van der Waals surface area contributed by atoms with Crippen LogP contribution in [-0.4, -0.2) is 40.8 Å². The summed E-state index contributed by atoms with van der Waals surface area (Å²) in [6.45, 7) is 5.70. The molecule has 0 radical (unpaired) electrons. The normalized spacial score (nSPS) is 10.5. The minimum atomic E-state index is -0.691. The Morgan fingerprint density at radius 2 is 1.85 bits per heavy atom. The van der Waals surface area contributed by atoms with Crippen molar-refractivity contribution >= 4 is 17.9 Å². The van der Waals surface area contributed by atoms with Crippen LogP contribution in [-0.2, 0) is 9.53 Å². The molecule has 8 nitrogen and oxygen atoms in total. The Bertz CT molecular complexity index is 781. The number of hydrogen-bond acceptors (Lipinski definition) is 5. The zero-order chi connectivity index (χ0) is 19.1. The molecule has 0 spiro atoms. The van der Waals surface area contributed by atoms with Crippen molar-refractivity contribution < 1.29 is 19.1 Å². The van der Waals surface area contributed by atoms with Gasteiger partial charge in [-0.1, -0.05) is 13.8 Å². The molecule has 1 heterocycles. The van der Waals surface area contributed by atoms with Gasteiger partial charge in [0.05, 0.1) is 11.3 Å². The van der Waals surface area contributed by atoms with Crippen molar-refractivity contribution in [2.75, 3.05) is 13.2 Å². The predicted molar refractivity (Wildman–Crippen MR) is 95.0 cm³/mol. The van der Waals surface area contributed by atoms with E-state index in [0.29, 0.717) is 12.1 Å². The monoisotopic (exact) mass is 358 g/mol. The molecule has 0 aliphatic heterocycles. The molecule has 2 N–H and O–H groups in total. The number of aromatic nitrogens is 2. The summed E-state index contributed by atoms with van der Waals surface area (Å²) in [6, 6.07) is 7.90. The molecule has 26 heavy (non-hydrogen) atoms. The maximum absolute atomic E-state index is 12.0. The van der Waals surface area contributed by atoms with Gasteiger partial charge >= 0.3 is 12.0 Å². The molecule has 2 rings (SSSR count). The van der Waals surface area contributed by atoms with Gasteiger partial charge in [-0.2, -0.15) is 5.10 Å². The van der Waals surface area contributed by atoms with Crippen molar-refractivity contribution in [3.63, 3.8) is 0 Å². The second kappa shape index (κ2) is 8.80. The van der Waals surface area contributed by atoms with Crippen LogP contribution in [0.25, 0.3) is 5.69 Å². The number of ether oxygens (including phenoxy) is 1. The number of benzene rings is 1. The number of rotatable bonds is 6. The number of nitrogens with zero attached hydrogens (tertiary/aromatic N) is 2. The smallest absolute Gasteiger partial charge is 0.338 e. The molecule has 3 amide bonds. The zero-order valence-corrected chi connectivity index (χ0v) is 15.0. The second-order valence-electron chi connectivity index (χ2n) is 6.16. The Balaban J connectivity index is 1.83. The molecule has 0 atom stereocenters. The molecular formula is C18H22N4O4. The van der Waals surface area contributed by atoms with Gasteiger partial charge in [-0.25, -0.2) is 14.3 Å². The molecule has 0 saturated carbocycles. The molecule has 0 saturated heterocycles. The topological polar surface area (TPSA) is 102 Å². The predicted octanol–water partition coefficient (Wildman–Crippen LogP) is 1.82. The summed E-state index contributed by atoms with van der Waals surface area (Å²) in [5.74, 6) is -1.07. The van der Waals surface area contributed by atoms with E-state index in [0.717, 1.165) is 11.4 Å². The van der Waals surface area contributed by atoms with Crippen molar-refractivity contribution in [3.05, 3.63) is 47.8 Å². The highest BCUT2D eigenvalue weighted by molar-refractivity contribution is 5.97. The molecule has 0 bridgehead atoms. The van der Waals surface area contributed by atoms with Crippen molar-refractivity contribution in [1.82, 2.24) is 20.4 Å². The number of carbonyl (C=O) groups is 3. The summed E-state index contributed by atoms with van der Waals surface area (Å²) < 4.78 is 6.65. The van der Waals surface area contributed by atoms with E-state index in [4.69, 9.17) is 4.74 Å². The number of hydrogen-bond donors (Lipinski definition) is 2. The number of amides is 3. The second-order valence-corrected chi connectivity index (χ2v) is 6.16. The van der Waals surface area contributed by atoms with Crippen molar-refractivity contribution in [2.24, 2.45) is 5.92 Å². The van der Waals surface area contributed by atoms with Gasteiger partial charge in [0.25, 0.3) is 5.91 Å². The molecule has 0 fully saturated rings. The van der Waals surface area contributed by atoms with E-state index >= 15 is 0 Å². The fourth-order valence-corrected chi connectivity index (χ4v) is 2.10. The van der Waals surface area contributed by atoms with Crippen LogP contribution in [0.3, 0.4) is 0 Å². The molecule has 138 valence electrons. The van der Waals surface area contributed by atoms with E-state index in [1.807, 2.05) is 26.8 Å². The molecule has 2 aromatic rings. The van der Waals surface area contributed by atoms with Gasteiger partial charge in [-0.3, -0.25) is 10.1 Å². The third-order valence-electron chi connectivity index (χ3n) is 3.44. The Morgan fingerprint density at radius 3 is 2.42 bits per heavy atom. The van der Waals surface area contributed by atoms with Crippen molar-refractivity contribution in [3.8, 4) is 5.69 Å². The van der Waals surface area contributed by atoms with E-state index in [-0.39, 0.29) is 5.92 Å². The minimum Gasteiger partial charge on any atom is -0.452 e. The van der Waals surface area contributed by atoms with Crippen molar-refractivity contribution in [2.45, 2.75) is 20.8 Å². The average Bonchev–Trinajstić information content (AvgIpc) is 3.04. The Morgan fingerprint density at radius 1 is 1.15 bits per heavy atom. The van der Waals surface area contributed by atoms with Gasteiger partial charge in [0.2, 0.25) is 0 Å². The Hall–Kier alpha value is -3.16. The number of imide groups is 1. The zero-order valence-electron chi connectivity index (χ0n) is 15.0. The Kier molecular flexibility index (Phi) is 6.48. The van der Waals surface area contributed by atoms with E-state index in [9.17, 15) is 14.4 Å². The highest BCUT2D eigenvalue weighted by Crippen LogP contribution is 2.12. The number of aryl methyl sites for hydroxylation is 1. The van der Waals surface area contributed by atoms with Crippen molar-refractivity contribution in [1.29, 1.82) is 0 Å². The van der Waals surface area contributed by atoms with Crippen LogP contribution in [0.1, 0.15) is 29.9 Å². The van der Waals surface area contributed by atoms with Gasteiger partial charge < -0.3 is 10.1 Å². The number of nitrogens with one attached hydrogen (secondary N) is 2. The van der Waals surface area contributed by atoms with Crippen LogP contribution in [0.5, 0.6) is 0 Å². The maximum Gasteiger partial charge on any atom is 0.338 e. The standard InChI is InChI=1S/C18H22N4O4/c1-12(2)10-19-18(25)21-16(23)11-26-17(24)14-4-6-15(7-5-14)22-13(3)8-9-20-22/h4-9,12H,10-11H2,1-3H3,(H2,19,21,23,25). The number of carbonyl (C=O) groups excluding carboxylic acids is 3. The van der Waals surface area contributed by atoms with Crippen LogP contribution >= 0.6 is 0 Å². The third kappa shape index (κ3) is 5.44. The molecule has 0 aliphatic rings. The first kappa shape index (κ1) is 19.2. The first-order valence-corrected chi connectivity index (χ1v) is 8.22. The minimum absolute atomic E-state index is 0.266. The van der Waals surface area contributed by atoms with Gasteiger partial charge in [0.15, 0.2) is 6.61 Å². The summed E-state index contributed by atoms with van der Waals surface area (Å²) in [5.41, 5.74) is 2.08. The van der Waals surface area contributed by atoms with Crippen LogP contribution in [0.4, 0.5) is 4.79 Å². The van der Waals surface area contributed by atoms with Gasteiger partial charge in [-0.15, -0.1) is 0 Å². The molecule has 1 aromatic carbocycles. The summed E-state index contributed by atoms with van der Waals surface area (Å²) >= 11 is 0. The average molecular weight is 358 g/mol. The number of urea groups is 1. The molecule has 1 aromatic heterocycles. The number of esters is 1. The van der Waals surface area contributed by atoms with E-state index in [1.165, 1.54) is 0 Å². The lowest BCUT2D eigenvalue weighted by atomic mass is 10.2. The lowest BCUT2D eigenvalue weighted by Crippen LogP contribution is -2.42. The third-order valence-corrected chi connectivity index (χ3v) is 3.44. The highest BCUT2D eigenvalue weighted by Gasteiger charge is 2.13.